The molecule has 0 spiro atoms. The van der Waals surface area contributed by atoms with E-state index in [0.717, 1.165) is 47.1 Å². The van der Waals surface area contributed by atoms with Crippen molar-refractivity contribution in [3.05, 3.63) is 60.7 Å². The summed E-state index contributed by atoms with van der Waals surface area (Å²) in [6.45, 7) is 8.04. The summed E-state index contributed by atoms with van der Waals surface area (Å²) in [6.07, 6.45) is 7.30. The van der Waals surface area contributed by atoms with E-state index in [1.807, 2.05) is 24.7 Å². The van der Waals surface area contributed by atoms with Crippen molar-refractivity contribution in [2.75, 3.05) is 18.0 Å². The quantitative estimate of drug-likeness (QED) is 0.539. The summed E-state index contributed by atoms with van der Waals surface area (Å²) >= 11 is 0. The largest absolute Gasteiger partial charge is 0.341 e. The number of benzene rings is 1. The molecule has 4 aromatic rings. The molecule has 0 N–H and O–H groups in total. The minimum atomic E-state index is 0.739. The number of hydrogen-bond donors (Lipinski definition) is 0. The van der Waals surface area contributed by atoms with Crippen LogP contribution in [0.5, 0.6) is 0 Å². The zero-order valence-corrected chi connectivity index (χ0v) is 15.8. The Bertz CT molecular complexity index is 1050. The molecule has 0 unspecified atom stereocenters. The molecule has 0 saturated carbocycles. The number of nitrogens with zero attached hydrogens (tertiary/aromatic N) is 6. The van der Waals surface area contributed by atoms with Crippen molar-refractivity contribution in [1.29, 1.82) is 0 Å². The highest BCUT2D eigenvalue weighted by atomic mass is 15.2. The van der Waals surface area contributed by atoms with E-state index in [9.17, 15) is 0 Å². The molecular weight excluding hydrogens is 336 g/mol. The topological polar surface area (TPSA) is 59.7 Å². The van der Waals surface area contributed by atoms with Gasteiger partial charge in [-0.05, 0) is 39.0 Å². The molecule has 0 aliphatic heterocycles. The first kappa shape index (κ1) is 17.1. The zero-order chi connectivity index (χ0) is 18.8. The second kappa shape index (κ2) is 7.15. The van der Waals surface area contributed by atoms with Gasteiger partial charge in [0.25, 0.3) is 0 Å². The molecule has 3 heterocycles. The van der Waals surface area contributed by atoms with Gasteiger partial charge in [0.05, 0.1) is 22.8 Å². The molecule has 0 saturated heterocycles. The molecule has 1 aromatic carbocycles. The van der Waals surface area contributed by atoms with Gasteiger partial charge in [-0.2, -0.15) is 0 Å². The monoisotopic (exact) mass is 358 g/mol. The average molecular weight is 358 g/mol. The van der Waals surface area contributed by atoms with Gasteiger partial charge in [0.2, 0.25) is 5.95 Å². The predicted molar refractivity (Wildman–Crippen MR) is 108 cm³/mol. The maximum absolute atomic E-state index is 4.83. The minimum absolute atomic E-state index is 0.739. The molecule has 0 bridgehead atoms. The van der Waals surface area contributed by atoms with Gasteiger partial charge in [0, 0.05) is 37.4 Å². The van der Waals surface area contributed by atoms with Crippen molar-refractivity contribution in [1.82, 2.24) is 24.5 Å². The molecule has 0 aliphatic carbocycles. The molecule has 0 radical (unpaired) electrons. The van der Waals surface area contributed by atoms with E-state index in [2.05, 4.69) is 69.5 Å². The van der Waals surface area contributed by atoms with Crippen LogP contribution in [0.15, 0.2) is 55.1 Å². The Balaban J connectivity index is 1.86. The second-order valence-corrected chi connectivity index (χ2v) is 6.41. The molecule has 0 aliphatic rings. The molecule has 136 valence electrons. The van der Waals surface area contributed by atoms with Crippen LogP contribution in [0, 0.1) is 6.92 Å². The van der Waals surface area contributed by atoms with Gasteiger partial charge in [-0.3, -0.25) is 9.55 Å². The smallest absolute Gasteiger partial charge is 0.225 e. The number of rotatable bonds is 5. The lowest BCUT2D eigenvalue weighted by Crippen LogP contribution is -2.24. The average Bonchev–Trinajstić information content (AvgIpc) is 3.10. The molecule has 27 heavy (non-hydrogen) atoms. The Morgan fingerprint density at radius 2 is 1.63 bits per heavy atom. The summed E-state index contributed by atoms with van der Waals surface area (Å²) in [4.78, 5) is 20.4. The number of fused-ring (bicyclic) bond motifs is 1. The molecule has 4 rings (SSSR count). The summed E-state index contributed by atoms with van der Waals surface area (Å²) in [5, 5.41) is 0. The predicted octanol–water partition coefficient (Wildman–Crippen LogP) is 4.03. The van der Waals surface area contributed by atoms with E-state index in [-0.39, 0.29) is 0 Å². The van der Waals surface area contributed by atoms with E-state index in [4.69, 9.17) is 4.98 Å². The molecule has 6 nitrogen and oxygen atoms in total. The van der Waals surface area contributed by atoms with Gasteiger partial charge in [-0.15, -0.1) is 0 Å². The molecule has 6 heteroatoms. The first-order valence-electron chi connectivity index (χ1n) is 9.18. The molecule has 0 fully saturated rings. The van der Waals surface area contributed by atoms with Crippen LogP contribution in [-0.2, 0) is 0 Å². The van der Waals surface area contributed by atoms with Crippen molar-refractivity contribution in [3.8, 4) is 17.1 Å². The maximum Gasteiger partial charge on any atom is 0.225 e. The van der Waals surface area contributed by atoms with Crippen molar-refractivity contribution in [3.63, 3.8) is 0 Å². The number of aromatic nitrogens is 5. The third-order valence-electron chi connectivity index (χ3n) is 4.69. The number of imidazole rings is 1. The number of aryl methyl sites for hydroxylation is 1. The summed E-state index contributed by atoms with van der Waals surface area (Å²) < 4.78 is 2.11. The number of anilines is 1. The van der Waals surface area contributed by atoms with Crippen LogP contribution >= 0.6 is 0 Å². The Labute approximate surface area is 158 Å². The fourth-order valence-electron chi connectivity index (χ4n) is 3.18. The van der Waals surface area contributed by atoms with Crippen LogP contribution < -0.4 is 4.90 Å². The summed E-state index contributed by atoms with van der Waals surface area (Å²) in [7, 11) is 0. The van der Waals surface area contributed by atoms with Gasteiger partial charge in [-0.25, -0.2) is 15.0 Å². The van der Waals surface area contributed by atoms with E-state index in [1.54, 1.807) is 6.20 Å². The number of hydrogen-bond acceptors (Lipinski definition) is 5. The second-order valence-electron chi connectivity index (χ2n) is 6.41. The molecular formula is C21H22N6. The normalized spacial score (nSPS) is 11.1. The highest BCUT2D eigenvalue weighted by molar-refractivity contribution is 5.82. The van der Waals surface area contributed by atoms with Crippen molar-refractivity contribution >= 4 is 17.0 Å². The van der Waals surface area contributed by atoms with Gasteiger partial charge in [0.1, 0.15) is 5.82 Å². The van der Waals surface area contributed by atoms with Crippen LogP contribution in [0.3, 0.4) is 0 Å². The van der Waals surface area contributed by atoms with Crippen molar-refractivity contribution < 1.29 is 0 Å². The lowest BCUT2D eigenvalue weighted by Gasteiger charge is -2.18. The van der Waals surface area contributed by atoms with E-state index >= 15 is 0 Å². The lowest BCUT2D eigenvalue weighted by atomic mass is 10.2. The third kappa shape index (κ3) is 3.14. The van der Waals surface area contributed by atoms with E-state index in [1.165, 1.54) is 5.56 Å². The molecule has 0 amide bonds. The SMILES string of the molecule is CCN(CC)c1ncc(-c2nc3ccncc3n2-c2ccc(C)cc2)cn1. The van der Waals surface area contributed by atoms with Gasteiger partial charge in [-0.1, -0.05) is 17.7 Å². The standard InChI is InChI=1S/C21H22N6/c1-4-26(5-2)21-23-12-16(13-24-21)20-25-18-10-11-22-14-19(18)27(20)17-8-6-15(3)7-9-17/h6-14H,4-5H2,1-3H3. The van der Waals surface area contributed by atoms with Crippen molar-refractivity contribution in [2.24, 2.45) is 0 Å². The van der Waals surface area contributed by atoms with Crippen LogP contribution in [-0.4, -0.2) is 37.6 Å². The number of pyridine rings is 1. The lowest BCUT2D eigenvalue weighted by molar-refractivity contribution is 0.821. The Morgan fingerprint density at radius 1 is 0.926 bits per heavy atom. The van der Waals surface area contributed by atoms with Crippen LogP contribution in [0.25, 0.3) is 28.1 Å². The highest BCUT2D eigenvalue weighted by Crippen LogP contribution is 2.28. The maximum atomic E-state index is 4.83. The minimum Gasteiger partial charge on any atom is -0.341 e. The Hall–Kier alpha value is -3.28. The van der Waals surface area contributed by atoms with Gasteiger partial charge >= 0.3 is 0 Å². The van der Waals surface area contributed by atoms with Gasteiger partial charge < -0.3 is 4.90 Å². The van der Waals surface area contributed by atoms with Gasteiger partial charge in [0.15, 0.2) is 0 Å². The molecule has 3 aromatic heterocycles. The fourth-order valence-corrected chi connectivity index (χ4v) is 3.18. The first-order chi connectivity index (χ1) is 13.2. The summed E-state index contributed by atoms with van der Waals surface area (Å²) in [5.74, 6) is 1.55. The van der Waals surface area contributed by atoms with Crippen LogP contribution in [0.4, 0.5) is 5.95 Å². The zero-order valence-electron chi connectivity index (χ0n) is 15.8. The fraction of sp³-hybridized carbons (Fsp3) is 0.238. The van der Waals surface area contributed by atoms with Crippen molar-refractivity contribution in [2.45, 2.75) is 20.8 Å². The highest BCUT2D eigenvalue weighted by Gasteiger charge is 2.16. The summed E-state index contributed by atoms with van der Waals surface area (Å²) in [5.41, 5.74) is 4.99. The Kier molecular flexibility index (Phi) is 4.54. The summed E-state index contributed by atoms with van der Waals surface area (Å²) in [6, 6.07) is 10.3. The molecule has 0 atom stereocenters. The van der Waals surface area contributed by atoms with E-state index in [0.29, 0.717) is 0 Å². The van der Waals surface area contributed by atoms with Crippen LogP contribution in [0.2, 0.25) is 0 Å². The first-order valence-corrected chi connectivity index (χ1v) is 9.18. The van der Waals surface area contributed by atoms with E-state index < -0.39 is 0 Å². The Morgan fingerprint density at radius 3 is 2.30 bits per heavy atom. The van der Waals surface area contributed by atoms with Crippen LogP contribution in [0.1, 0.15) is 19.4 Å². The third-order valence-corrected chi connectivity index (χ3v) is 4.69.